The maximum Gasteiger partial charge on any atom is 0.242 e. The predicted molar refractivity (Wildman–Crippen MR) is 63.7 cm³/mol. The third-order valence-electron chi connectivity index (χ3n) is 2.57. The Labute approximate surface area is 94.9 Å². The molecule has 1 unspecified atom stereocenters. The Morgan fingerprint density at radius 1 is 1.67 bits per heavy atom. The number of hydrogen-bond donors (Lipinski definition) is 1. The van der Waals surface area contributed by atoms with E-state index >= 15 is 0 Å². The van der Waals surface area contributed by atoms with Gasteiger partial charge in [0.1, 0.15) is 0 Å². The zero-order valence-electron chi connectivity index (χ0n) is 9.49. The monoisotopic (exact) mass is 226 g/mol. The molecule has 2 N–H and O–H groups in total. The van der Waals surface area contributed by atoms with Gasteiger partial charge in [0.2, 0.25) is 5.91 Å². The van der Waals surface area contributed by atoms with E-state index in [1.54, 1.807) is 30.2 Å². The molecule has 0 aliphatic rings. The van der Waals surface area contributed by atoms with Crippen LogP contribution in [0.15, 0.2) is 16.8 Å². The molecule has 0 bridgehead atoms. The molecular weight excluding hydrogens is 208 g/mol. The van der Waals surface area contributed by atoms with Gasteiger partial charge in [-0.25, -0.2) is 0 Å². The van der Waals surface area contributed by atoms with Crippen LogP contribution in [0.3, 0.4) is 0 Å². The van der Waals surface area contributed by atoms with Crippen LogP contribution in [0.4, 0.5) is 0 Å². The molecule has 84 valence electrons. The number of rotatable bonds is 4. The van der Waals surface area contributed by atoms with Crippen molar-refractivity contribution in [3.8, 4) is 0 Å². The van der Waals surface area contributed by atoms with E-state index < -0.39 is 5.54 Å². The smallest absolute Gasteiger partial charge is 0.242 e. The minimum Gasteiger partial charge on any atom is -0.340 e. The highest BCUT2D eigenvalue weighted by molar-refractivity contribution is 7.07. The van der Waals surface area contributed by atoms with E-state index in [-0.39, 0.29) is 5.91 Å². The second kappa shape index (κ2) is 4.77. The van der Waals surface area contributed by atoms with Gasteiger partial charge in [-0.15, -0.1) is 0 Å². The van der Waals surface area contributed by atoms with Gasteiger partial charge in [-0.3, -0.25) is 4.79 Å². The first-order valence-electron chi connectivity index (χ1n) is 5.03. The van der Waals surface area contributed by atoms with E-state index in [0.717, 1.165) is 5.56 Å². The lowest BCUT2D eigenvalue weighted by Gasteiger charge is -2.27. The Morgan fingerprint density at radius 3 is 2.80 bits per heavy atom. The first-order chi connectivity index (χ1) is 6.97. The second-order valence-electron chi connectivity index (χ2n) is 4.06. The molecule has 1 aromatic rings. The Hall–Kier alpha value is -0.870. The first kappa shape index (κ1) is 12.2. The van der Waals surface area contributed by atoms with Crippen molar-refractivity contribution in [2.75, 3.05) is 7.05 Å². The second-order valence-corrected chi connectivity index (χ2v) is 4.84. The molecule has 0 spiro atoms. The molecule has 15 heavy (non-hydrogen) atoms. The molecule has 1 rings (SSSR count). The normalized spacial score (nSPS) is 14.7. The molecule has 0 fully saturated rings. The van der Waals surface area contributed by atoms with E-state index in [2.05, 4.69) is 0 Å². The molecule has 4 heteroatoms. The van der Waals surface area contributed by atoms with Crippen LogP contribution >= 0.6 is 11.3 Å². The van der Waals surface area contributed by atoms with Crippen molar-refractivity contribution in [3.63, 3.8) is 0 Å². The summed E-state index contributed by atoms with van der Waals surface area (Å²) in [6.07, 6.45) is 0.653. The van der Waals surface area contributed by atoms with E-state index in [9.17, 15) is 4.79 Å². The highest BCUT2D eigenvalue weighted by atomic mass is 32.1. The lowest BCUT2D eigenvalue weighted by molar-refractivity contribution is -0.135. The van der Waals surface area contributed by atoms with Crippen LogP contribution in [0.1, 0.15) is 25.8 Å². The largest absolute Gasteiger partial charge is 0.340 e. The van der Waals surface area contributed by atoms with Crippen LogP contribution in [0.2, 0.25) is 0 Å². The molecule has 0 saturated carbocycles. The Bertz CT molecular complexity index is 319. The summed E-state index contributed by atoms with van der Waals surface area (Å²) < 4.78 is 0. The van der Waals surface area contributed by atoms with Crippen LogP contribution in [0.5, 0.6) is 0 Å². The van der Waals surface area contributed by atoms with Crippen molar-refractivity contribution in [2.24, 2.45) is 5.73 Å². The SMILES string of the molecule is CCC(C)(N)C(=O)N(C)Cc1ccsc1. The number of amides is 1. The molecule has 1 atom stereocenters. The summed E-state index contributed by atoms with van der Waals surface area (Å²) in [5, 5.41) is 4.05. The number of hydrogen-bond acceptors (Lipinski definition) is 3. The average molecular weight is 226 g/mol. The first-order valence-corrected chi connectivity index (χ1v) is 5.97. The van der Waals surface area contributed by atoms with E-state index in [4.69, 9.17) is 5.73 Å². The zero-order chi connectivity index (χ0) is 11.5. The number of thiophene rings is 1. The Kier molecular flexibility index (Phi) is 3.88. The standard InChI is InChI=1S/C11H18N2OS/c1-4-11(2,12)10(14)13(3)7-9-5-6-15-8-9/h5-6,8H,4,7,12H2,1-3H3. The number of likely N-dealkylation sites (N-methyl/N-ethyl adjacent to an activating group) is 1. The van der Waals surface area contributed by atoms with Gasteiger partial charge in [0.15, 0.2) is 0 Å². The third kappa shape index (κ3) is 3.04. The minimum absolute atomic E-state index is 0.00352. The van der Waals surface area contributed by atoms with Crippen LogP contribution in [-0.4, -0.2) is 23.4 Å². The molecule has 1 amide bonds. The van der Waals surface area contributed by atoms with Gasteiger partial charge in [0, 0.05) is 13.6 Å². The lowest BCUT2D eigenvalue weighted by Crippen LogP contribution is -2.51. The maximum absolute atomic E-state index is 11.9. The van der Waals surface area contributed by atoms with E-state index in [1.807, 2.05) is 23.8 Å². The van der Waals surface area contributed by atoms with Crippen LogP contribution in [0.25, 0.3) is 0 Å². The van der Waals surface area contributed by atoms with Crippen LogP contribution in [-0.2, 0) is 11.3 Å². The lowest BCUT2D eigenvalue weighted by atomic mass is 9.99. The average Bonchev–Trinajstić information content (AvgIpc) is 2.69. The molecular formula is C11H18N2OS. The molecule has 1 heterocycles. The summed E-state index contributed by atoms with van der Waals surface area (Å²) >= 11 is 1.64. The third-order valence-corrected chi connectivity index (χ3v) is 3.30. The number of nitrogens with two attached hydrogens (primary N) is 1. The summed E-state index contributed by atoms with van der Waals surface area (Å²) in [5.74, 6) is -0.00352. The fourth-order valence-electron chi connectivity index (χ4n) is 1.32. The van der Waals surface area contributed by atoms with Gasteiger partial charge in [0.05, 0.1) is 5.54 Å². The highest BCUT2D eigenvalue weighted by Crippen LogP contribution is 2.13. The quantitative estimate of drug-likeness (QED) is 0.851. The molecule has 0 aliphatic heterocycles. The molecule has 0 radical (unpaired) electrons. The van der Waals surface area contributed by atoms with Gasteiger partial charge >= 0.3 is 0 Å². The van der Waals surface area contributed by atoms with Gasteiger partial charge in [-0.05, 0) is 35.7 Å². The van der Waals surface area contributed by atoms with Gasteiger partial charge in [0.25, 0.3) is 0 Å². The topological polar surface area (TPSA) is 46.3 Å². The molecule has 0 aromatic carbocycles. The van der Waals surface area contributed by atoms with Crippen molar-refractivity contribution >= 4 is 17.2 Å². The van der Waals surface area contributed by atoms with E-state index in [1.165, 1.54) is 0 Å². The molecule has 3 nitrogen and oxygen atoms in total. The molecule has 1 aromatic heterocycles. The Morgan fingerprint density at radius 2 is 2.33 bits per heavy atom. The summed E-state index contributed by atoms with van der Waals surface area (Å²) in [4.78, 5) is 13.6. The van der Waals surface area contributed by atoms with Gasteiger partial charge in [-0.2, -0.15) is 11.3 Å². The zero-order valence-corrected chi connectivity index (χ0v) is 10.3. The minimum atomic E-state index is -0.745. The van der Waals surface area contributed by atoms with Crippen molar-refractivity contribution in [1.29, 1.82) is 0 Å². The maximum atomic E-state index is 11.9. The summed E-state index contributed by atoms with van der Waals surface area (Å²) in [5.41, 5.74) is 6.31. The van der Waals surface area contributed by atoms with Crippen LogP contribution in [0, 0.1) is 0 Å². The van der Waals surface area contributed by atoms with Gasteiger partial charge < -0.3 is 10.6 Å². The molecule has 0 aliphatic carbocycles. The summed E-state index contributed by atoms with van der Waals surface area (Å²) in [6, 6.07) is 2.02. The summed E-state index contributed by atoms with van der Waals surface area (Å²) in [7, 11) is 1.79. The van der Waals surface area contributed by atoms with E-state index in [0.29, 0.717) is 13.0 Å². The van der Waals surface area contributed by atoms with Crippen molar-refractivity contribution < 1.29 is 4.79 Å². The Balaban J connectivity index is 2.61. The predicted octanol–water partition coefficient (Wildman–Crippen LogP) is 1.83. The number of carbonyl (C=O) groups excluding carboxylic acids is 1. The fourth-order valence-corrected chi connectivity index (χ4v) is 1.98. The highest BCUT2D eigenvalue weighted by Gasteiger charge is 2.28. The summed E-state index contributed by atoms with van der Waals surface area (Å²) in [6.45, 7) is 4.34. The van der Waals surface area contributed by atoms with Crippen molar-refractivity contribution in [2.45, 2.75) is 32.4 Å². The van der Waals surface area contributed by atoms with Crippen molar-refractivity contribution in [1.82, 2.24) is 4.90 Å². The van der Waals surface area contributed by atoms with Crippen molar-refractivity contribution in [3.05, 3.63) is 22.4 Å². The van der Waals surface area contributed by atoms with Crippen LogP contribution < -0.4 is 5.73 Å². The number of carbonyl (C=O) groups is 1. The fraction of sp³-hybridized carbons (Fsp3) is 0.545. The number of nitrogens with zero attached hydrogens (tertiary/aromatic N) is 1. The van der Waals surface area contributed by atoms with Gasteiger partial charge in [-0.1, -0.05) is 6.92 Å². The molecule has 0 saturated heterocycles.